The monoisotopic (exact) mass is 305 g/mol. The summed E-state index contributed by atoms with van der Waals surface area (Å²) in [7, 11) is -3.56. The van der Waals surface area contributed by atoms with Crippen molar-refractivity contribution in [3.05, 3.63) is 11.9 Å². The summed E-state index contributed by atoms with van der Waals surface area (Å²) in [4.78, 5) is 0.204. The number of aryl methyl sites for hydroxylation is 1. The van der Waals surface area contributed by atoms with Crippen molar-refractivity contribution in [2.24, 2.45) is 5.92 Å². The molecule has 1 aromatic heterocycles. The first-order valence-electron chi connectivity index (χ1n) is 6.48. The van der Waals surface area contributed by atoms with E-state index in [1.54, 1.807) is 6.92 Å². The van der Waals surface area contributed by atoms with Gasteiger partial charge in [-0.3, -0.25) is 5.10 Å². The van der Waals surface area contributed by atoms with Crippen LogP contribution in [0.4, 0.5) is 0 Å². The van der Waals surface area contributed by atoms with Crippen molar-refractivity contribution in [2.45, 2.75) is 50.0 Å². The molecule has 5 nitrogen and oxygen atoms in total. The van der Waals surface area contributed by atoms with Crippen LogP contribution in [0.25, 0.3) is 0 Å². The van der Waals surface area contributed by atoms with E-state index in [2.05, 4.69) is 21.8 Å². The maximum absolute atomic E-state index is 12.4. The van der Waals surface area contributed by atoms with Crippen LogP contribution in [0.2, 0.25) is 0 Å². The van der Waals surface area contributed by atoms with Crippen LogP contribution < -0.4 is 4.72 Å². The third-order valence-electron chi connectivity index (χ3n) is 3.91. The number of aromatic amines is 1. The predicted octanol–water partition coefficient (Wildman–Crippen LogP) is 2.18. The molecule has 0 radical (unpaired) electrons. The molecular weight excluding hydrogens is 286 g/mol. The molecule has 2 N–H and O–H groups in total. The molecule has 7 heteroatoms. The maximum Gasteiger partial charge on any atom is 0.244 e. The molecule has 1 saturated carbocycles. The second-order valence-corrected chi connectivity index (χ2v) is 7.48. The Morgan fingerprint density at radius 2 is 2.16 bits per heavy atom. The standard InChI is InChI=1S/C12H20ClN3O2S/c1-9-3-5-12(8-13,6-4-9)16-19(17,18)11-7-14-15-10(11)2/h7,9,16H,3-6,8H2,1-2H3,(H,14,15). The molecule has 0 unspecified atom stereocenters. The number of alkyl halides is 1. The highest BCUT2D eigenvalue weighted by Crippen LogP contribution is 2.34. The highest BCUT2D eigenvalue weighted by molar-refractivity contribution is 7.89. The zero-order valence-corrected chi connectivity index (χ0v) is 12.8. The van der Waals surface area contributed by atoms with Crippen molar-refractivity contribution in [3.8, 4) is 0 Å². The number of nitrogens with zero attached hydrogens (tertiary/aromatic N) is 1. The molecule has 0 saturated heterocycles. The molecular formula is C12H20ClN3O2S. The number of aromatic nitrogens is 2. The molecule has 1 aliphatic rings. The van der Waals surface area contributed by atoms with Crippen molar-refractivity contribution in [1.82, 2.24) is 14.9 Å². The molecule has 19 heavy (non-hydrogen) atoms. The molecule has 1 fully saturated rings. The van der Waals surface area contributed by atoms with E-state index in [4.69, 9.17) is 11.6 Å². The van der Waals surface area contributed by atoms with Gasteiger partial charge in [0.05, 0.1) is 11.9 Å². The summed E-state index contributed by atoms with van der Waals surface area (Å²) in [6.45, 7) is 3.88. The highest BCUT2D eigenvalue weighted by atomic mass is 35.5. The van der Waals surface area contributed by atoms with Gasteiger partial charge in [-0.15, -0.1) is 11.6 Å². The molecule has 1 aliphatic carbocycles. The lowest BCUT2D eigenvalue weighted by atomic mass is 9.79. The van der Waals surface area contributed by atoms with E-state index < -0.39 is 15.6 Å². The summed E-state index contributed by atoms with van der Waals surface area (Å²) in [6, 6.07) is 0. The third-order valence-corrected chi connectivity index (χ3v) is 6.12. The largest absolute Gasteiger partial charge is 0.281 e. The van der Waals surface area contributed by atoms with E-state index in [-0.39, 0.29) is 4.90 Å². The van der Waals surface area contributed by atoms with Crippen molar-refractivity contribution in [2.75, 3.05) is 5.88 Å². The summed E-state index contributed by atoms with van der Waals surface area (Å²) >= 11 is 6.04. The molecule has 0 atom stereocenters. The van der Waals surface area contributed by atoms with E-state index in [0.29, 0.717) is 17.5 Å². The van der Waals surface area contributed by atoms with Crippen LogP contribution >= 0.6 is 11.6 Å². The van der Waals surface area contributed by atoms with Gasteiger partial charge < -0.3 is 0 Å². The van der Waals surface area contributed by atoms with Gasteiger partial charge in [0, 0.05) is 11.4 Å². The van der Waals surface area contributed by atoms with Gasteiger partial charge in [-0.2, -0.15) is 5.10 Å². The van der Waals surface area contributed by atoms with E-state index in [1.165, 1.54) is 6.20 Å². The summed E-state index contributed by atoms with van der Waals surface area (Å²) in [5.74, 6) is 0.937. The topological polar surface area (TPSA) is 74.8 Å². The first-order valence-corrected chi connectivity index (χ1v) is 8.50. The van der Waals surface area contributed by atoms with Crippen LogP contribution in [0, 0.1) is 12.8 Å². The molecule has 2 rings (SSSR count). The molecule has 0 amide bonds. The van der Waals surface area contributed by atoms with Gasteiger partial charge in [0.2, 0.25) is 10.0 Å². The Hall–Kier alpha value is -0.590. The first-order chi connectivity index (χ1) is 8.88. The second kappa shape index (κ2) is 5.42. The fraction of sp³-hybridized carbons (Fsp3) is 0.750. The fourth-order valence-electron chi connectivity index (χ4n) is 2.53. The van der Waals surface area contributed by atoms with Gasteiger partial charge in [-0.05, 0) is 38.5 Å². The van der Waals surface area contributed by atoms with Crippen LogP contribution in [-0.2, 0) is 10.0 Å². The summed E-state index contributed by atoms with van der Waals surface area (Å²) < 4.78 is 27.6. The van der Waals surface area contributed by atoms with E-state index in [0.717, 1.165) is 25.7 Å². The summed E-state index contributed by atoms with van der Waals surface area (Å²) in [5.41, 5.74) is 0.0257. The van der Waals surface area contributed by atoms with Gasteiger partial charge in [0.25, 0.3) is 0 Å². The van der Waals surface area contributed by atoms with Crippen LogP contribution in [0.3, 0.4) is 0 Å². The predicted molar refractivity (Wildman–Crippen MR) is 74.7 cm³/mol. The van der Waals surface area contributed by atoms with Gasteiger partial charge in [-0.25, -0.2) is 13.1 Å². The van der Waals surface area contributed by atoms with Crippen molar-refractivity contribution in [1.29, 1.82) is 0 Å². The number of nitrogens with one attached hydrogen (secondary N) is 2. The first kappa shape index (κ1) is 14.8. The lowest BCUT2D eigenvalue weighted by Gasteiger charge is -2.38. The van der Waals surface area contributed by atoms with Crippen LogP contribution in [0.1, 0.15) is 38.3 Å². The molecule has 0 bridgehead atoms. The number of rotatable bonds is 4. The fourth-order valence-corrected chi connectivity index (χ4v) is 4.54. The van der Waals surface area contributed by atoms with Crippen molar-refractivity contribution >= 4 is 21.6 Å². The molecule has 0 aliphatic heterocycles. The van der Waals surface area contributed by atoms with Crippen molar-refractivity contribution < 1.29 is 8.42 Å². The lowest BCUT2D eigenvalue weighted by Crippen LogP contribution is -2.52. The van der Waals surface area contributed by atoms with Gasteiger partial charge in [0.15, 0.2) is 0 Å². The average Bonchev–Trinajstić information content (AvgIpc) is 2.79. The Balaban J connectivity index is 2.21. The zero-order valence-electron chi connectivity index (χ0n) is 11.2. The minimum atomic E-state index is -3.56. The minimum Gasteiger partial charge on any atom is -0.281 e. The zero-order chi connectivity index (χ0) is 14.1. The molecule has 0 aromatic carbocycles. The Morgan fingerprint density at radius 3 is 2.63 bits per heavy atom. The number of hydrogen-bond donors (Lipinski definition) is 2. The lowest BCUT2D eigenvalue weighted by molar-refractivity contribution is 0.247. The minimum absolute atomic E-state index is 0.204. The molecule has 0 spiro atoms. The summed E-state index contributed by atoms with van der Waals surface area (Å²) in [6.07, 6.45) is 4.91. The SMILES string of the molecule is Cc1[nH]ncc1S(=O)(=O)NC1(CCl)CCC(C)CC1. The van der Waals surface area contributed by atoms with E-state index in [9.17, 15) is 8.42 Å². The Kier molecular flexibility index (Phi) is 4.23. The Morgan fingerprint density at radius 1 is 1.53 bits per heavy atom. The maximum atomic E-state index is 12.4. The summed E-state index contributed by atoms with van der Waals surface area (Å²) in [5, 5.41) is 6.41. The van der Waals surface area contributed by atoms with Gasteiger partial charge in [-0.1, -0.05) is 6.92 Å². The highest BCUT2D eigenvalue weighted by Gasteiger charge is 2.38. The normalized spacial score (nSPS) is 28.5. The van der Waals surface area contributed by atoms with Crippen LogP contribution in [-0.4, -0.2) is 30.0 Å². The quantitative estimate of drug-likeness (QED) is 0.837. The van der Waals surface area contributed by atoms with Gasteiger partial charge >= 0.3 is 0 Å². The van der Waals surface area contributed by atoms with Crippen molar-refractivity contribution in [3.63, 3.8) is 0 Å². The van der Waals surface area contributed by atoms with Crippen LogP contribution in [0.5, 0.6) is 0 Å². The molecule has 1 heterocycles. The van der Waals surface area contributed by atoms with E-state index in [1.807, 2.05) is 0 Å². The molecule has 108 valence electrons. The smallest absolute Gasteiger partial charge is 0.244 e. The number of H-pyrrole nitrogens is 1. The number of hydrogen-bond acceptors (Lipinski definition) is 3. The third kappa shape index (κ3) is 3.12. The Labute approximate surface area is 119 Å². The average molecular weight is 306 g/mol. The molecule has 1 aromatic rings. The van der Waals surface area contributed by atoms with Gasteiger partial charge in [0.1, 0.15) is 4.90 Å². The van der Waals surface area contributed by atoms with E-state index >= 15 is 0 Å². The number of sulfonamides is 1. The second-order valence-electron chi connectivity index (χ2n) is 5.56. The number of halogens is 1. The van der Waals surface area contributed by atoms with Crippen LogP contribution in [0.15, 0.2) is 11.1 Å². The Bertz CT molecular complexity index is 533.